The number of rotatable bonds is 6. The number of methoxy groups -OCH3 is 1. The van der Waals surface area contributed by atoms with Crippen molar-refractivity contribution in [3.05, 3.63) is 64.4 Å². The predicted molar refractivity (Wildman–Crippen MR) is 115 cm³/mol. The molecule has 0 spiro atoms. The Bertz CT molecular complexity index is 1080. The average Bonchev–Trinajstić information content (AvgIpc) is 3.09. The molecule has 3 aromatic rings. The lowest BCUT2D eigenvalue weighted by molar-refractivity contribution is -0.136. The maximum atomic E-state index is 13.4. The number of hydrogen-bond acceptors (Lipinski definition) is 5. The molecule has 0 aliphatic heterocycles. The Morgan fingerprint density at radius 3 is 2.67 bits per heavy atom. The molecule has 1 heterocycles. The summed E-state index contributed by atoms with van der Waals surface area (Å²) >= 11 is 1.44. The van der Waals surface area contributed by atoms with Crippen molar-refractivity contribution in [1.29, 1.82) is 0 Å². The summed E-state index contributed by atoms with van der Waals surface area (Å²) in [6.07, 6.45) is 0.519. The van der Waals surface area contributed by atoms with Crippen LogP contribution in [0.2, 0.25) is 0 Å². The second-order valence-electron chi connectivity index (χ2n) is 6.70. The molecule has 2 amide bonds. The number of anilines is 1. The number of halogens is 1. The molecule has 2 aromatic carbocycles. The fraction of sp³-hybridized carbons (Fsp3) is 0.227. The van der Waals surface area contributed by atoms with E-state index in [1.54, 1.807) is 24.3 Å². The monoisotopic (exact) mass is 427 g/mol. The molecule has 0 saturated heterocycles. The van der Waals surface area contributed by atoms with Gasteiger partial charge in [0.2, 0.25) is 0 Å². The Morgan fingerprint density at radius 2 is 1.93 bits per heavy atom. The number of ether oxygens (including phenoxy) is 1. The minimum atomic E-state index is -0.764. The fourth-order valence-corrected chi connectivity index (χ4v) is 3.93. The van der Waals surface area contributed by atoms with Crippen LogP contribution in [-0.2, 0) is 16.0 Å². The van der Waals surface area contributed by atoms with Gasteiger partial charge in [-0.3, -0.25) is 9.59 Å². The lowest BCUT2D eigenvalue weighted by Gasteiger charge is -2.11. The van der Waals surface area contributed by atoms with Crippen molar-refractivity contribution < 1.29 is 18.7 Å². The number of thiazole rings is 1. The van der Waals surface area contributed by atoms with E-state index in [9.17, 15) is 14.0 Å². The highest BCUT2D eigenvalue weighted by Crippen LogP contribution is 2.28. The van der Waals surface area contributed by atoms with E-state index in [0.29, 0.717) is 23.4 Å². The van der Waals surface area contributed by atoms with Gasteiger partial charge in [0.25, 0.3) is 0 Å². The van der Waals surface area contributed by atoms with Crippen LogP contribution in [0.1, 0.15) is 16.1 Å². The molecule has 0 fully saturated rings. The molecule has 6 nitrogen and oxygen atoms in total. The number of amides is 2. The summed E-state index contributed by atoms with van der Waals surface area (Å²) in [6, 6.07) is 11.6. The zero-order valence-corrected chi connectivity index (χ0v) is 17.7. The Balaban J connectivity index is 1.57. The quantitative estimate of drug-likeness (QED) is 0.585. The summed E-state index contributed by atoms with van der Waals surface area (Å²) in [5, 5.41) is 5.91. The molecule has 3 rings (SSSR count). The lowest BCUT2D eigenvalue weighted by atomic mass is 10.2. The minimum Gasteiger partial charge on any atom is -0.495 e. The first-order chi connectivity index (χ1) is 14.4. The van der Waals surface area contributed by atoms with Crippen LogP contribution in [0.25, 0.3) is 10.6 Å². The number of carbonyl (C=O) groups is 2. The molecule has 8 heteroatoms. The number of benzene rings is 2. The van der Waals surface area contributed by atoms with Crippen LogP contribution in [0.4, 0.5) is 10.1 Å². The SMILES string of the molecule is COc1ccc(C)cc1NC(=O)C(=O)NCCc1sc(-c2cccc(F)c2)nc1C. The van der Waals surface area contributed by atoms with E-state index in [-0.39, 0.29) is 12.4 Å². The van der Waals surface area contributed by atoms with Crippen LogP contribution in [0.5, 0.6) is 5.75 Å². The van der Waals surface area contributed by atoms with Gasteiger partial charge in [-0.15, -0.1) is 11.3 Å². The van der Waals surface area contributed by atoms with Crippen LogP contribution in [0.3, 0.4) is 0 Å². The van der Waals surface area contributed by atoms with Crippen LogP contribution in [-0.4, -0.2) is 30.5 Å². The first-order valence-electron chi connectivity index (χ1n) is 9.33. The second-order valence-corrected chi connectivity index (χ2v) is 7.79. The standard InChI is InChI=1S/C22H22FN3O3S/c1-13-7-8-18(29-3)17(11-13)26-21(28)20(27)24-10-9-19-14(2)25-22(30-19)15-5-4-6-16(23)12-15/h4-8,11-12H,9-10H2,1-3H3,(H,24,27)(H,26,28). The molecule has 30 heavy (non-hydrogen) atoms. The van der Waals surface area contributed by atoms with Crippen LogP contribution < -0.4 is 15.4 Å². The van der Waals surface area contributed by atoms with Gasteiger partial charge in [-0.2, -0.15) is 0 Å². The third-order valence-corrected chi connectivity index (χ3v) is 5.68. The molecule has 0 aliphatic carbocycles. The molecular weight excluding hydrogens is 405 g/mol. The van der Waals surface area contributed by atoms with Gasteiger partial charge in [0.15, 0.2) is 0 Å². The lowest BCUT2D eigenvalue weighted by Crippen LogP contribution is -2.36. The van der Waals surface area contributed by atoms with Crippen molar-refractivity contribution in [1.82, 2.24) is 10.3 Å². The maximum Gasteiger partial charge on any atom is 0.313 e. The van der Waals surface area contributed by atoms with E-state index in [1.165, 1.54) is 30.6 Å². The highest BCUT2D eigenvalue weighted by molar-refractivity contribution is 7.15. The van der Waals surface area contributed by atoms with Gasteiger partial charge in [0.1, 0.15) is 16.6 Å². The Morgan fingerprint density at radius 1 is 1.13 bits per heavy atom. The van der Waals surface area contributed by atoms with Crippen molar-refractivity contribution >= 4 is 28.8 Å². The van der Waals surface area contributed by atoms with Crippen LogP contribution in [0.15, 0.2) is 42.5 Å². The first kappa shape index (κ1) is 21.4. The first-order valence-corrected chi connectivity index (χ1v) is 10.1. The highest BCUT2D eigenvalue weighted by Gasteiger charge is 2.16. The Labute approximate surface area is 178 Å². The molecule has 0 unspecified atom stereocenters. The number of nitrogens with one attached hydrogen (secondary N) is 2. The molecule has 2 N–H and O–H groups in total. The summed E-state index contributed by atoms with van der Waals surface area (Å²) in [5.41, 5.74) is 2.91. The smallest absolute Gasteiger partial charge is 0.313 e. The minimum absolute atomic E-state index is 0.281. The number of aryl methyl sites for hydroxylation is 2. The molecular formula is C22H22FN3O3S. The van der Waals surface area contributed by atoms with Crippen LogP contribution in [0, 0.1) is 19.7 Å². The molecule has 156 valence electrons. The summed E-state index contributed by atoms with van der Waals surface area (Å²) in [6.45, 7) is 4.03. The zero-order chi connectivity index (χ0) is 21.7. The van der Waals surface area contributed by atoms with Gasteiger partial charge in [-0.05, 0) is 43.7 Å². The highest BCUT2D eigenvalue weighted by atomic mass is 32.1. The summed E-state index contributed by atoms with van der Waals surface area (Å²) in [7, 11) is 1.50. The van der Waals surface area contributed by atoms with Gasteiger partial charge >= 0.3 is 11.8 Å². The Hall–Kier alpha value is -3.26. The van der Waals surface area contributed by atoms with E-state index >= 15 is 0 Å². The van der Waals surface area contributed by atoms with Crippen molar-refractivity contribution in [3.8, 4) is 16.3 Å². The maximum absolute atomic E-state index is 13.4. The summed E-state index contributed by atoms with van der Waals surface area (Å²) in [5.74, 6) is -1.33. The van der Waals surface area contributed by atoms with E-state index in [4.69, 9.17) is 4.74 Å². The second kappa shape index (κ2) is 9.49. The number of nitrogens with zero attached hydrogens (tertiary/aromatic N) is 1. The molecule has 0 aliphatic rings. The summed E-state index contributed by atoms with van der Waals surface area (Å²) in [4.78, 5) is 29.8. The predicted octanol–water partition coefficient (Wildman–Crippen LogP) is 3.87. The van der Waals surface area contributed by atoms with Gasteiger partial charge < -0.3 is 15.4 Å². The van der Waals surface area contributed by atoms with Crippen molar-refractivity contribution in [2.75, 3.05) is 19.0 Å². The molecule has 1 aromatic heterocycles. The Kier molecular flexibility index (Phi) is 6.79. The largest absolute Gasteiger partial charge is 0.495 e. The third-order valence-electron chi connectivity index (χ3n) is 4.41. The fourth-order valence-electron chi connectivity index (χ4n) is 2.87. The van der Waals surface area contributed by atoms with Crippen molar-refractivity contribution in [2.24, 2.45) is 0 Å². The van der Waals surface area contributed by atoms with Crippen LogP contribution >= 0.6 is 11.3 Å². The van der Waals surface area contributed by atoms with E-state index in [0.717, 1.165) is 21.1 Å². The third kappa shape index (κ3) is 5.21. The van der Waals surface area contributed by atoms with E-state index < -0.39 is 11.8 Å². The molecule has 0 saturated carbocycles. The molecule has 0 atom stereocenters. The number of hydrogen-bond donors (Lipinski definition) is 2. The molecule has 0 radical (unpaired) electrons. The topological polar surface area (TPSA) is 80.3 Å². The summed E-state index contributed by atoms with van der Waals surface area (Å²) < 4.78 is 18.6. The van der Waals surface area contributed by atoms with Crippen molar-refractivity contribution in [2.45, 2.75) is 20.3 Å². The van der Waals surface area contributed by atoms with Gasteiger partial charge in [-0.1, -0.05) is 18.2 Å². The van der Waals surface area contributed by atoms with Gasteiger partial charge in [-0.25, -0.2) is 9.37 Å². The molecule has 0 bridgehead atoms. The zero-order valence-electron chi connectivity index (χ0n) is 16.9. The van der Waals surface area contributed by atoms with Crippen molar-refractivity contribution in [3.63, 3.8) is 0 Å². The normalized spacial score (nSPS) is 10.5. The van der Waals surface area contributed by atoms with E-state index in [2.05, 4.69) is 15.6 Å². The van der Waals surface area contributed by atoms with Gasteiger partial charge in [0, 0.05) is 23.4 Å². The van der Waals surface area contributed by atoms with Gasteiger partial charge in [0.05, 0.1) is 18.5 Å². The average molecular weight is 428 g/mol. The number of carbonyl (C=O) groups excluding carboxylic acids is 2. The van der Waals surface area contributed by atoms with E-state index in [1.807, 2.05) is 19.9 Å². The number of aromatic nitrogens is 1.